The molecule has 0 unspecified atom stereocenters. The van der Waals surface area contributed by atoms with Crippen molar-refractivity contribution in [3.63, 3.8) is 0 Å². The van der Waals surface area contributed by atoms with E-state index in [4.69, 9.17) is 9.40 Å². The molecule has 0 amide bonds. The van der Waals surface area contributed by atoms with Gasteiger partial charge in [-0.25, -0.2) is 4.98 Å². The molecule has 13 rings (SSSR count). The fourth-order valence-electron chi connectivity index (χ4n) is 9.70. The number of benzene rings is 9. The van der Waals surface area contributed by atoms with Crippen LogP contribution in [-0.4, -0.2) is 14.1 Å². The Bertz CT molecular complexity index is 3620. The van der Waals surface area contributed by atoms with Crippen LogP contribution in [0.15, 0.2) is 205 Å². The topological polar surface area (TPSA) is 35.9 Å². The molecular formula is C55H33N3O. The van der Waals surface area contributed by atoms with Gasteiger partial charge in [0.15, 0.2) is 0 Å². The first-order chi connectivity index (χ1) is 29.3. The lowest BCUT2D eigenvalue weighted by Gasteiger charge is -2.16. The molecule has 0 bridgehead atoms. The van der Waals surface area contributed by atoms with E-state index >= 15 is 0 Å². The zero-order chi connectivity index (χ0) is 38.6. The maximum atomic E-state index is 6.70. The summed E-state index contributed by atoms with van der Waals surface area (Å²) in [5.41, 5.74) is 13.8. The molecule has 0 saturated heterocycles. The molecule has 274 valence electrons. The normalized spacial score (nSPS) is 12.1. The van der Waals surface area contributed by atoms with Crippen molar-refractivity contribution in [2.24, 2.45) is 0 Å². The second-order valence-electron chi connectivity index (χ2n) is 15.5. The molecule has 4 nitrogen and oxygen atoms in total. The summed E-state index contributed by atoms with van der Waals surface area (Å²) in [6.45, 7) is 0. The molecule has 0 radical (unpaired) electrons. The summed E-state index contributed by atoms with van der Waals surface area (Å²) in [7, 11) is 0. The van der Waals surface area contributed by atoms with Crippen LogP contribution in [0.1, 0.15) is 0 Å². The van der Waals surface area contributed by atoms with Crippen molar-refractivity contribution in [3.8, 4) is 33.8 Å². The van der Waals surface area contributed by atoms with Gasteiger partial charge in [-0.3, -0.25) is 0 Å². The third kappa shape index (κ3) is 4.69. The van der Waals surface area contributed by atoms with Crippen molar-refractivity contribution in [1.82, 2.24) is 14.1 Å². The van der Waals surface area contributed by atoms with Crippen molar-refractivity contribution in [2.45, 2.75) is 0 Å². The predicted octanol–water partition coefficient (Wildman–Crippen LogP) is 14.8. The molecule has 0 aliphatic rings. The molecule has 0 aliphatic heterocycles. The second-order valence-corrected chi connectivity index (χ2v) is 15.5. The Kier molecular flexibility index (Phi) is 6.69. The van der Waals surface area contributed by atoms with E-state index in [1.165, 1.54) is 43.6 Å². The molecule has 0 saturated carbocycles. The van der Waals surface area contributed by atoms with Crippen LogP contribution < -0.4 is 0 Å². The summed E-state index contributed by atoms with van der Waals surface area (Å²) < 4.78 is 11.5. The number of rotatable bonds is 4. The highest BCUT2D eigenvalue weighted by Gasteiger charge is 2.20. The first-order valence-electron chi connectivity index (χ1n) is 20.1. The quantitative estimate of drug-likeness (QED) is 0.168. The Hall–Kier alpha value is -7.95. The zero-order valence-corrected chi connectivity index (χ0v) is 31.8. The number of fused-ring (bicyclic) bond motifs is 13. The average molecular weight is 752 g/mol. The number of pyridine rings is 1. The van der Waals surface area contributed by atoms with Gasteiger partial charge in [0.25, 0.3) is 0 Å². The Morgan fingerprint density at radius 2 is 0.831 bits per heavy atom. The van der Waals surface area contributed by atoms with E-state index in [0.717, 1.165) is 77.4 Å². The molecule has 4 heteroatoms. The van der Waals surface area contributed by atoms with Gasteiger partial charge >= 0.3 is 0 Å². The minimum atomic E-state index is 0.865. The van der Waals surface area contributed by atoms with Gasteiger partial charge in [0.2, 0.25) is 0 Å². The fraction of sp³-hybridized carbons (Fsp3) is 0. The summed E-state index contributed by atoms with van der Waals surface area (Å²) in [6.07, 6.45) is 0. The third-order valence-electron chi connectivity index (χ3n) is 12.3. The van der Waals surface area contributed by atoms with Gasteiger partial charge in [0.05, 0.1) is 38.7 Å². The van der Waals surface area contributed by atoms with E-state index in [1.54, 1.807) is 0 Å². The van der Waals surface area contributed by atoms with Gasteiger partial charge in [0, 0.05) is 54.6 Å². The Labute approximate surface area is 338 Å². The minimum Gasteiger partial charge on any atom is -0.455 e. The van der Waals surface area contributed by atoms with Crippen LogP contribution >= 0.6 is 0 Å². The van der Waals surface area contributed by atoms with Crippen molar-refractivity contribution in [3.05, 3.63) is 200 Å². The van der Waals surface area contributed by atoms with E-state index in [9.17, 15) is 0 Å². The van der Waals surface area contributed by atoms with Gasteiger partial charge in [-0.2, -0.15) is 0 Å². The average Bonchev–Trinajstić information content (AvgIpc) is 3.97. The van der Waals surface area contributed by atoms with Crippen molar-refractivity contribution < 1.29 is 4.42 Å². The Balaban J connectivity index is 1.10. The fourth-order valence-corrected chi connectivity index (χ4v) is 9.70. The largest absolute Gasteiger partial charge is 0.455 e. The molecule has 0 N–H and O–H groups in total. The smallest absolute Gasteiger partial charge is 0.145 e. The molecule has 59 heavy (non-hydrogen) atoms. The highest BCUT2D eigenvalue weighted by molar-refractivity contribution is 6.23. The highest BCUT2D eigenvalue weighted by Crippen LogP contribution is 2.43. The van der Waals surface area contributed by atoms with E-state index in [0.29, 0.717) is 0 Å². The molecule has 9 aromatic carbocycles. The number of hydrogen-bond donors (Lipinski definition) is 0. The number of hydrogen-bond acceptors (Lipinski definition) is 2. The van der Waals surface area contributed by atoms with Crippen LogP contribution in [-0.2, 0) is 0 Å². The van der Waals surface area contributed by atoms with Crippen LogP contribution in [0.3, 0.4) is 0 Å². The van der Waals surface area contributed by atoms with Crippen molar-refractivity contribution >= 4 is 87.2 Å². The standard InChI is InChI=1S/C55H33N3O/c1-7-22-47-39(16-1)45-28-29-46-44-21-6-12-27-52(44)59-55(46)53(45)54(56-47)35-15-13-14-34(30-35)36-31-37(57-48-23-8-2-17-40(48)41-18-3-9-24-49(41)57)33-38(32-36)58-50-25-10-4-19-42(50)43-20-5-11-26-51(43)58/h1-33H. The summed E-state index contributed by atoms with van der Waals surface area (Å²) in [5, 5.41) is 10.4. The third-order valence-corrected chi connectivity index (χ3v) is 12.3. The van der Waals surface area contributed by atoms with Crippen LogP contribution in [0.5, 0.6) is 0 Å². The highest BCUT2D eigenvalue weighted by atomic mass is 16.3. The van der Waals surface area contributed by atoms with Crippen LogP contribution in [0.25, 0.3) is 121 Å². The van der Waals surface area contributed by atoms with Crippen molar-refractivity contribution in [2.75, 3.05) is 0 Å². The summed E-state index contributed by atoms with van der Waals surface area (Å²) in [5.74, 6) is 0. The number of para-hydroxylation sites is 6. The summed E-state index contributed by atoms with van der Waals surface area (Å²) >= 11 is 0. The second kappa shape index (κ2) is 12.3. The van der Waals surface area contributed by atoms with E-state index in [-0.39, 0.29) is 0 Å². The molecule has 0 fully saturated rings. The van der Waals surface area contributed by atoms with Crippen LogP contribution in [0.2, 0.25) is 0 Å². The van der Waals surface area contributed by atoms with E-state index in [2.05, 4.69) is 203 Å². The Morgan fingerprint density at radius 3 is 1.44 bits per heavy atom. The molecule has 4 heterocycles. The van der Waals surface area contributed by atoms with Gasteiger partial charge in [-0.1, -0.05) is 133 Å². The predicted molar refractivity (Wildman–Crippen MR) is 246 cm³/mol. The SMILES string of the molecule is c1cc(-c2cc(-n3c4ccccc4c4ccccc43)cc(-n3c4ccccc4c4ccccc43)c2)cc(-c2nc3ccccc3c3ccc4c5ccccc5oc4c23)c1. The summed E-state index contributed by atoms with van der Waals surface area (Å²) in [6, 6.07) is 72.0. The number of aromatic nitrogens is 3. The minimum absolute atomic E-state index is 0.865. The van der Waals surface area contributed by atoms with E-state index in [1.807, 2.05) is 6.07 Å². The first-order valence-corrected chi connectivity index (χ1v) is 20.1. The van der Waals surface area contributed by atoms with Crippen molar-refractivity contribution in [1.29, 1.82) is 0 Å². The molecule has 0 spiro atoms. The van der Waals surface area contributed by atoms with Gasteiger partial charge in [-0.05, 0) is 83.2 Å². The van der Waals surface area contributed by atoms with Gasteiger partial charge in [0.1, 0.15) is 11.2 Å². The Morgan fingerprint density at radius 1 is 0.339 bits per heavy atom. The monoisotopic (exact) mass is 751 g/mol. The van der Waals surface area contributed by atoms with E-state index < -0.39 is 0 Å². The van der Waals surface area contributed by atoms with Crippen LogP contribution in [0.4, 0.5) is 0 Å². The lowest BCUT2D eigenvalue weighted by atomic mass is 9.95. The van der Waals surface area contributed by atoms with Gasteiger partial charge < -0.3 is 13.6 Å². The molecule has 4 aromatic heterocycles. The lowest BCUT2D eigenvalue weighted by molar-refractivity contribution is 0.672. The molecular weight excluding hydrogens is 719 g/mol. The molecule has 0 atom stereocenters. The number of nitrogens with zero attached hydrogens (tertiary/aromatic N) is 3. The lowest BCUT2D eigenvalue weighted by Crippen LogP contribution is -2.00. The molecule has 13 aromatic rings. The maximum absolute atomic E-state index is 6.70. The van der Waals surface area contributed by atoms with Gasteiger partial charge in [-0.15, -0.1) is 0 Å². The first kappa shape index (κ1) is 32.2. The summed E-state index contributed by atoms with van der Waals surface area (Å²) in [4.78, 5) is 5.41. The number of furan rings is 1. The maximum Gasteiger partial charge on any atom is 0.145 e. The zero-order valence-electron chi connectivity index (χ0n) is 31.8. The molecule has 0 aliphatic carbocycles. The van der Waals surface area contributed by atoms with Crippen LogP contribution in [0, 0.1) is 0 Å².